The average Bonchev–Trinajstić information content (AvgIpc) is 3.43. The Bertz CT molecular complexity index is 1310. The molecule has 0 unspecified atom stereocenters. The first-order chi connectivity index (χ1) is 18.4. The van der Waals surface area contributed by atoms with Gasteiger partial charge < -0.3 is 35.0 Å². The van der Waals surface area contributed by atoms with E-state index in [0.717, 1.165) is 28.6 Å². The van der Waals surface area contributed by atoms with Crippen molar-refractivity contribution >= 4 is 50.4 Å². The van der Waals surface area contributed by atoms with Gasteiger partial charge in [-0.2, -0.15) is 0 Å². The van der Waals surface area contributed by atoms with Crippen LogP contribution in [0.15, 0.2) is 75.7 Å². The molecular formula is C29H32Br2ClKN2O6. The molecule has 3 aromatic carbocycles. The molecule has 2 fully saturated rings. The van der Waals surface area contributed by atoms with Gasteiger partial charge in [-0.25, -0.2) is 4.79 Å². The van der Waals surface area contributed by atoms with Gasteiger partial charge in [0.2, 0.25) is 0 Å². The summed E-state index contributed by atoms with van der Waals surface area (Å²) in [6.45, 7) is 6.27. The zero-order chi connectivity index (χ0) is 26.8. The van der Waals surface area contributed by atoms with Gasteiger partial charge in [-0.3, -0.25) is 0 Å². The molecule has 4 heterocycles. The smallest absolute Gasteiger partial charge is 0.870 e. The van der Waals surface area contributed by atoms with Crippen LogP contribution in [0.2, 0.25) is 0 Å². The molecule has 4 aliphatic rings. The van der Waals surface area contributed by atoms with Crippen LogP contribution in [0, 0.1) is 0 Å². The predicted molar refractivity (Wildman–Crippen MR) is 160 cm³/mol. The first kappa shape index (κ1) is 36.8. The maximum atomic E-state index is 12.1. The van der Waals surface area contributed by atoms with Crippen LogP contribution >= 0.6 is 44.3 Å². The molecule has 216 valence electrons. The summed E-state index contributed by atoms with van der Waals surface area (Å²) in [4.78, 5) is 13.8. The first-order valence-electron chi connectivity index (χ1n) is 12.6. The van der Waals surface area contributed by atoms with E-state index in [-0.39, 0.29) is 93.2 Å². The number of likely N-dealkylation sites (tertiary alicyclic amines) is 1. The normalized spacial score (nSPS) is 17.3. The van der Waals surface area contributed by atoms with E-state index in [4.69, 9.17) is 19.3 Å². The van der Waals surface area contributed by atoms with Crippen LogP contribution in [-0.4, -0.2) is 54.4 Å². The number of carbonyl (C=O) groups is 1. The quantitative estimate of drug-likeness (QED) is 0.370. The zero-order valence-corrected chi connectivity index (χ0v) is 30.1. The molecule has 0 atom stereocenters. The number of halogens is 3. The number of aliphatic hydroxyl groups excluding tert-OH is 1. The molecule has 2 saturated heterocycles. The van der Waals surface area contributed by atoms with Gasteiger partial charge >= 0.3 is 57.5 Å². The Morgan fingerprint density at radius 1 is 0.927 bits per heavy atom. The van der Waals surface area contributed by atoms with Crippen molar-refractivity contribution < 1.29 is 81.0 Å². The number of hydrogen-bond donors (Lipinski definition) is 2. The second-order valence-corrected chi connectivity index (χ2v) is 11.5. The van der Waals surface area contributed by atoms with Crippen molar-refractivity contribution in [3.8, 4) is 5.75 Å². The molecule has 7 rings (SSSR count). The molecule has 1 amide bonds. The second kappa shape index (κ2) is 16.1. The van der Waals surface area contributed by atoms with E-state index in [1.807, 2.05) is 24.3 Å². The Hall–Kier alpha value is -0.384. The molecule has 0 saturated carbocycles. The van der Waals surface area contributed by atoms with Crippen LogP contribution in [0.25, 0.3) is 0 Å². The molecule has 2 spiro atoms. The van der Waals surface area contributed by atoms with Gasteiger partial charge in [0.05, 0.1) is 26.3 Å². The van der Waals surface area contributed by atoms with E-state index in [0.29, 0.717) is 25.4 Å². The van der Waals surface area contributed by atoms with E-state index in [1.165, 1.54) is 22.3 Å². The fourth-order valence-corrected chi connectivity index (χ4v) is 5.92. The van der Waals surface area contributed by atoms with Crippen molar-refractivity contribution in [2.24, 2.45) is 0 Å². The molecule has 0 radical (unpaired) electrons. The summed E-state index contributed by atoms with van der Waals surface area (Å²) in [6, 6.07) is 21.7. The Morgan fingerprint density at radius 3 is 1.90 bits per heavy atom. The number of nitrogens with one attached hydrogen (secondary N) is 1. The van der Waals surface area contributed by atoms with Crippen molar-refractivity contribution in [1.29, 1.82) is 0 Å². The van der Waals surface area contributed by atoms with Gasteiger partial charge in [-0.15, -0.1) is 12.4 Å². The molecule has 0 aliphatic carbocycles. The molecule has 4 aliphatic heterocycles. The van der Waals surface area contributed by atoms with Crippen molar-refractivity contribution in [3.05, 3.63) is 97.9 Å². The van der Waals surface area contributed by atoms with Gasteiger partial charge in [0.25, 0.3) is 0 Å². The fourth-order valence-electron chi connectivity index (χ4n) is 5.10. The summed E-state index contributed by atoms with van der Waals surface area (Å²) in [7, 11) is 0. The molecule has 8 nitrogen and oxygen atoms in total. The van der Waals surface area contributed by atoms with E-state index in [2.05, 4.69) is 67.5 Å². The summed E-state index contributed by atoms with van der Waals surface area (Å²) in [6.07, 6.45) is -0.328. The SMILES string of the molecule is Brc1ccc2c(c1)COC21CNC1.CCO.Cl.O=C(Oc1ccccc1)N1CC2(C1)OCc1cc(Br)ccc12.[K+].[OH-]. The molecular weight excluding hydrogens is 707 g/mol. The number of amides is 1. The summed E-state index contributed by atoms with van der Waals surface area (Å²) in [5.41, 5.74) is 4.72. The van der Waals surface area contributed by atoms with Crippen molar-refractivity contribution in [3.63, 3.8) is 0 Å². The number of benzene rings is 3. The third kappa shape index (κ3) is 8.02. The molecule has 41 heavy (non-hydrogen) atoms. The van der Waals surface area contributed by atoms with Crippen LogP contribution in [0.4, 0.5) is 4.79 Å². The minimum absolute atomic E-state index is 0. The minimum atomic E-state index is -0.355. The van der Waals surface area contributed by atoms with Gasteiger partial charge in [-0.1, -0.05) is 62.2 Å². The predicted octanol–water partition coefficient (Wildman–Crippen LogP) is 2.71. The third-order valence-electron chi connectivity index (χ3n) is 7.04. The Kier molecular flexibility index (Phi) is 14.4. The number of ether oxygens (including phenoxy) is 3. The Morgan fingerprint density at radius 2 is 1.41 bits per heavy atom. The van der Waals surface area contributed by atoms with E-state index in [1.54, 1.807) is 24.0 Å². The van der Waals surface area contributed by atoms with Crippen LogP contribution in [0.5, 0.6) is 5.75 Å². The number of para-hydroxylation sites is 1. The van der Waals surface area contributed by atoms with Crippen molar-refractivity contribution in [2.45, 2.75) is 31.3 Å². The zero-order valence-electron chi connectivity index (χ0n) is 22.9. The van der Waals surface area contributed by atoms with Crippen molar-refractivity contribution in [1.82, 2.24) is 10.2 Å². The topological polar surface area (TPSA) is 110 Å². The van der Waals surface area contributed by atoms with E-state index in [9.17, 15) is 4.79 Å². The molecule has 3 aromatic rings. The Balaban J connectivity index is 0.000000267. The third-order valence-corrected chi connectivity index (χ3v) is 8.03. The summed E-state index contributed by atoms with van der Waals surface area (Å²) in [5, 5.41) is 10.8. The largest absolute Gasteiger partial charge is 1.00 e. The van der Waals surface area contributed by atoms with Gasteiger partial charge in [0.15, 0.2) is 0 Å². The van der Waals surface area contributed by atoms with E-state index >= 15 is 0 Å². The number of fused-ring (bicyclic) bond motifs is 4. The van der Waals surface area contributed by atoms with Gasteiger partial charge in [-0.05, 0) is 65.6 Å². The van der Waals surface area contributed by atoms with E-state index < -0.39 is 0 Å². The maximum absolute atomic E-state index is 12.1. The van der Waals surface area contributed by atoms with Crippen LogP contribution in [-0.2, 0) is 33.9 Å². The number of nitrogens with zero attached hydrogens (tertiary/aromatic N) is 1. The second-order valence-electron chi connectivity index (χ2n) is 9.63. The van der Waals surface area contributed by atoms with Crippen LogP contribution < -0.4 is 61.4 Å². The van der Waals surface area contributed by atoms with Gasteiger partial charge in [0.1, 0.15) is 17.0 Å². The standard InChI is InChI=1S/C17H14BrNO3.C10H10BrNO.C2H6O.ClH.K.H2O/c18-13-6-7-15-12(8-13)9-21-17(15)10-19(11-17)16(20)22-14-4-2-1-3-5-14;11-8-1-2-9-7(3-8)4-13-10(9)5-12-6-10;1-2-3;;;/h1-8H,9-11H2;1-3,12H,4-6H2;3H,2H2,1H3;1H;;1H2/q;;;;+1;/p-1. The average molecular weight is 739 g/mol. The van der Waals surface area contributed by atoms with Gasteiger partial charge in [0, 0.05) is 28.6 Å². The summed E-state index contributed by atoms with van der Waals surface area (Å²) in [5.74, 6) is 0.560. The molecule has 0 aromatic heterocycles. The van der Waals surface area contributed by atoms with Crippen LogP contribution in [0.3, 0.4) is 0 Å². The fraction of sp³-hybridized carbons (Fsp3) is 0.345. The summed E-state index contributed by atoms with van der Waals surface area (Å²) >= 11 is 6.95. The Labute approximate surface area is 305 Å². The molecule has 12 heteroatoms. The maximum Gasteiger partial charge on any atom is 1.00 e. The monoisotopic (exact) mass is 736 g/mol. The first-order valence-corrected chi connectivity index (χ1v) is 14.2. The van der Waals surface area contributed by atoms with Crippen molar-refractivity contribution in [2.75, 3.05) is 32.8 Å². The number of carbonyl (C=O) groups excluding carboxylic acids is 1. The number of hydrogen-bond acceptors (Lipinski definition) is 7. The number of rotatable bonds is 1. The molecule has 0 bridgehead atoms. The van der Waals surface area contributed by atoms with Crippen LogP contribution in [0.1, 0.15) is 29.2 Å². The molecule has 3 N–H and O–H groups in total. The number of aliphatic hydroxyl groups is 1. The summed E-state index contributed by atoms with van der Waals surface area (Å²) < 4.78 is 19.3. The minimum Gasteiger partial charge on any atom is -0.870 e.